The molecule has 3 nitrogen and oxygen atoms in total. The molecule has 1 aliphatic heterocycles. The summed E-state index contributed by atoms with van der Waals surface area (Å²) in [6, 6.07) is 13.6. The Hall–Kier alpha value is -2.36. The first-order valence-corrected chi connectivity index (χ1v) is 6.54. The fourth-order valence-electron chi connectivity index (χ4n) is 2.49. The van der Waals surface area contributed by atoms with Gasteiger partial charge in [-0.3, -0.25) is 4.79 Å². The van der Waals surface area contributed by atoms with Gasteiger partial charge in [-0.2, -0.15) is 0 Å². The fourth-order valence-corrected chi connectivity index (χ4v) is 2.49. The van der Waals surface area contributed by atoms with Gasteiger partial charge >= 0.3 is 0 Å². The van der Waals surface area contributed by atoms with E-state index in [1.54, 1.807) is 17.0 Å². The Labute approximate surface area is 117 Å². The van der Waals surface area contributed by atoms with Crippen LogP contribution >= 0.6 is 0 Å². The van der Waals surface area contributed by atoms with E-state index < -0.39 is 5.82 Å². The first kappa shape index (κ1) is 12.7. The lowest BCUT2D eigenvalue weighted by atomic mass is 10.1. The average Bonchev–Trinajstić information content (AvgIpc) is 2.47. The van der Waals surface area contributed by atoms with E-state index in [1.165, 1.54) is 12.1 Å². The molecule has 1 amide bonds. The first-order chi connectivity index (χ1) is 9.66. The number of hydrogen-bond acceptors (Lipinski definition) is 2. The van der Waals surface area contributed by atoms with Gasteiger partial charge in [-0.1, -0.05) is 18.2 Å². The van der Waals surface area contributed by atoms with E-state index in [0.717, 1.165) is 17.9 Å². The minimum Gasteiger partial charge on any atom is -0.371 e. The second-order valence-corrected chi connectivity index (χ2v) is 4.88. The summed E-state index contributed by atoms with van der Waals surface area (Å²) in [4.78, 5) is 16.4. The Kier molecular flexibility index (Phi) is 3.14. The van der Waals surface area contributed by atoms with Crippen LogP contribution in [0.5, 0.6) is 0 Å². The molecule has 0 aromatic heterocycles. The number of amides is 1. The number of halogens is 1. The van der Waals surface area contributed by atoms with Gasteiger partial charge in [-0.15, -0.1) is 0 Å². The highest BCUT2D eigenvalue weighted by molar-refractivity contribution is 6.08. The summed E-state index contributed by atoms with van der Waals surface area (Å²) in [5.74, 6) is -0.552. The smallest absolute Gasteiger partial charge is 0.258 e. The Morgan fingerprint density at radius 2 is 1.80 bits per heavy atom. The summed E-state index contributed by atoms with van der Waals surface area (Å²) < 4.78 is 13.3. The van der Waals surface area contributed by atoms with Crippen molar-refractivity contribution in [2.24, 2.45) is 0 Å². The topological polar surface area (TPSA) is 23.6 Å². The molecule has 1 aliphatic rings. The monoisotopic (exact) mass is 270 g/mol. The van der Waals surface area contributed by atoms with Crippen LogP contribution in [0.25, 0.3) is 0 Å². The van der Waals surface area contributed by atoms with E-state index in [1.807, 2.05) is 31.3 Å². The van der Waals surface area contributed by atoms with Gasteiger partial charge in [0.1, 0.15) is 5.82 Å². The number of carbonyl (C=O) groups is 1. The van der Waals surface area contributed by atoms with Crippen LogP contribution in [0.3, 0.4) is 0 Å². The van der Waals surface area contributed by atoms with Crippen molar-refractivity contribution in [3.05, 3.63) is 59.9 Å². The third kappa shape index (κ3) is 2.13. The van der Waals surface area contributed by atoms with Crippen molar-refractivity contribution in [1.82, 2.24) is 0 Å². The van der Waals surface area contributed by atoms with Crippen LogP contribution in [0.4, 0.5) is 15.8 Å². The zero-order chi connectivity index (χ0) is 14.1. The maximum atomic E-state index is 13.3. The SMILES string of the molecule is CN1CCN(C(=O)c2cccc(F)c2)c2ccccc21. The van der Waals surface area contributed by atoms with Gasteiger partial charge in [-0.25, -0.2) is 4.39 Å². The quantitative estimate of drug-likeness (QED) is 0.795. The molecule has 20 heavy (non-hydrogen) atoms. The lowest BCUT2D eigenvalue weighted by Gasteiger charge is -2.35. The minimum absolute atomic E-state index is 0.162. The van der Waals surface area contributed by atoms with E-state index in [0.29, 0.717) is 12.1 Å². The highest BCUT2D eigenvalue weighted by Crippen LogP contribution is 2.32. The van der Waals surface area contributed by atoms with Crippen molar-refractivity contribution < 1.29 is 9.18 Å². The van der Waals surface area contributed by atoms with Crippen LogP contribution < -0.4 is 9.80 Å². The molecule has 0 aliphatic carbocycles. The minimum atomic E-state index is -0.390. The highest BCUT2D eigenvalue weighted by atomic mass is 19.1. The summed E-state index contributed by atoms with van der Waals surface area (Å²) in [6.07, 6.45) is 0. The molecule has 0 radical (unpaired) electrons. The number of benzene rings is 2. The Morgan fingerprint density at radius 3 is 2.55 bits per heavy atom. The molecule has 102 valence electrons. The lowest BCUT2D eigenvalue weighted by Crippen LogP contribution is -2.42. The maximum Gasteiger partial charge on any atom is 0.258 e. The predicted octanol–water partition coefficient (Wildman–Crippen LogP) is 2.92. The Morgan fingerprint density at radius 1 is 1.05 bits per heavy atom. The molecule has 0 spiro atoms. The molecular formula is C16H15FN2O. The van der Waals surface area contributed by atoms with Gasteiger partial charge in [0.25, 0.3) is 5.91 Å². The van der Waals surface area contributed by atoms with E-state index in [9.17, 15) is 9.18 Å². The molecule has 0 fully saturated rings. The van der Waals surface area contributed by atoms with Crippen LogP contribution in [0, 0.1) is 5.82 Å². The molecule has 0 bridgehead atoms. The van der Waals surface area contributed by atoms with Gasteiger partial charge in [0, 0.05) is 25.7 Å². The number of para-hydroxylation sites is 2. The third-order valence-electron chi connectivity index (χ3n) is 3.56. The van der Waals surface area contributed by atoms with Crippen molar-refractivity contribution >= 4 is 17.3 Å². The summed E-state index contributed by atoms with van der Waals surface area (Å²) in [5.41, 5.74) is 2.27. The number of carbonyl (C=O) groups excluding carboxylic acids is 1. The lowest BCUT2D eigenvalue weighted by molar-refractivity contribution is 0.0986. The fraction of sp³-hybridized carbons (Fsp3) is 0.188. The van der Waals surface area contributed by atoms with E-state index in [-0.39, 0.29) is 5.91 Å². The zero-order valence-corrected chi connectivity index (χ0v) is 11.2. The average molecular weight is 270 g/mol. The molecule has 4 heteroatoms. The number of anilines is 2. The summed E-state index contributed by atoms with van der Waals surface area (Å²) in [5, 5.41) is 0. The van der Waals surface area contributed by atoms with Gasteiger partial charge < -0.3 is 9.80 Å². The van der Waals surface area contributed by atoms with Crippen LogP contribution in [-0.4, -0.2) is 26.0 Å². The second-order valence-electron chi connectivity index (χ2n) is 4.88. The molecule has 0 N–H and O–H groups in total. The Balaban J connectivity index is 1.99. The first-order valence-electron chi connectivity index (χ1n) is 6.54. The molecule has 2 aromatic carbocycles. The van der Waals surface area contributed by atoms with Gasteiger partial charge in [0.2, 0.25) is 0 Å². The van der Waals surface area contributed by atoms with Gasteiger partial charge in [0.05, 0.1) is 11.4 Å². The second kappa shape index (κ2) is 4.96. The molecule has 0 saturated carbocycles. The third-order valence-corrected chi connectivity index (χ3v) is 3.56. The van der Waals surface area contributed by atoms with Crippen molar-refractivity contribution in [2.45, 2.75) is 0 Å². The molecule has 0 atom stereocenters. The van der Waals surface area contributed by atoms with Crippen molar-refractivity contribution in [3.63, 3.8) is 0 Å². The van der Waals surface area contributed by atoms with E-state index in [2.05, 4.69) is 4.90 Å². The van der Waals surface area contributed by atoms with Crippen LogP contribution in [0.15, 0.2) is 48.5 Å². The highest BCUT2D eigenvalue weighted by Gasteiger charge is 2.25. The molecule has 0 unspecified atom stereocenters. The zero-order valence-electron chi connectivity index (χ0n) is 11.2. The molecule has 0 saturated heterocycles. The van der Waals surface area contributed by atoms with Crippen molar-refractivity contribution in [2.75, 3.05) is 29.9 Å². The Bertz CT molecular complexity index is 656. The van der Waals surface area contributed by atoms with Crippen LogP contribution in [0.1, 0.15) is 10.4 Å². The van der Waals surface area contributed by atoms with Crippen molar-refractivity contribution in [3.8, 4) is 0 Å². The number of likely N-dealkylation sites (N-methyl/N-ethyl adjacent to an activating group) is 1. The normalized spacial score (nSPS) is 14.1. The van der Waals surface area contributed by atoms with Crippen LogP contribution in [-0.2, 0) is 0 Å². The summed E-state index contributed by atoms with van der Waals surface area (Å²) in [7, 11) is 2.00. The summed E-state index contributed by atoms with van der Waals surface area (Å²) in [6.45, 7) is 1.36. The number of hydrogen-bond donors (Lipinski definition) is 0. The van der Waals surface area contributed by atoms with Crippen molar-refractivity contribution in [1.29, 1.82) is 0 Å². The number of fused-ring (bicyclic) bond motifs is 1. The van der Waals surface area contributed by atoms with E-state index >= 15 is 0 Å². The molecule has 1 heterocycles. The van der Waals surface area contributed by atoms with E-state index in [4.69, 9.17) is 0 Å². The number of nitrogens with zero attached hydrogens (tertiary/aromatic N) is 2. The summed E-state index contributed by atoms with van der Waals surface area (Å²) >= 11 is 0. The maximum absolute atomic E-state index is 13.3. The van der Waals surface area contributed by atoms with Crippen LogP contribution in [0.2, 0.25) is 0 Å². The molecular weight excluding hydrogens is 255 g/mol. The molecule has 3 rings (SSSR count). The van der Waals surface area contributed by atoms with Gasteiger partial charge in [0.15, 0.2) is 0 Å². The van der Waals surface area contributed by atoms with Gasteiger partial charge in [-0.05, 0) is 30.3 Å². The molecule has 2 aromatic rings. The largest absolute Gasteiger partial charge is 0.371 e. The predicted molar refractivity (Wildman–Crippen MR) is 77.8 cm³/mol. The standard InChI is InChI=1S/C16H15FN2O/c1-18-9-10-19(15-8-3-2-7-14(15)18)16(20)12-5-4-6-13(17)11-12/h2-8,11H,9-10H2,1H3. The number of rotatable bonds is 1.